The number of aliphatic hydroxyl groups excluding tert-OH is 1. The number of aromatic nitrogens is 1. The number of carbonyl (C=O) groups is 5. The van der Waals surface area contributed by atoms with Gasteiger partial charge < -0.3 is 47.1 Å². The third-order valence-corrected chi connectivity index (χ3v) is 6.27. The van der Waals surface area contributed by atoms with Gasteiger partial charge in [0.1, 0.15) is 23.9 Å². The van der Waals surface area contributed by atoms with E-state index in [1.165, 1.54) is 12.1 Å². The molecule has 4 unspecified atom stereocenters. The molecule has 0 bridgehead atoms. The molecular formula is C27H31N5O9. The molecule has 0 aliphatic carbocycles. The number of hydrogen-bond acceptors (Lipinski definition) is 8. The number of nitrogens with two attached hydrogens (primary N) is 1. The predicted molar refractivity (Wildman–Crippen MR) is 145 cm³/mol. The van der Waals surface area contributed by atoms with Gasteiger partial charge in [-0.1, -0.05) is 30.3 Å². The van der Waals surface area contributed by atoms with E-state index in [1.54, 1.807) is 42.6 Å². The highest BCUT2D eigenvalue weighted by atomic mass is 16.4. The van der Waals surface area contributed by atoms with Crippen molar-refractivity contribution in [2.75, 3.05) is 6.61 Å². The van der Waals surface area contributed by atoms with Gasteiger partial charge in [0.25, 0.3) is 0 Å². The number of fused-ring (bicyclic) bond motifs is 1. The van der Waals surface area contributed by atoms with Crippen LogP contribution in [0.2, 0.25) is 0 Å². The van der Waals surface area contributed by atoms with Crippen molar-refractivity contribution in [1.82, 2.24) is 20.9 Å². The van der Waals surface area contributed by atoms with E-state index < -0.39 is 66.9 Å². The van der Waals surface area contributed by atoms with Crippen molar-refractivity contribution in [3.8, 4) is 5.75 Å². The van der Waals surface area contributed by atoms with Crippen molar-refractivity contribution in [2.24, 2.45) is 5.73 Å². The summed E-state index contributed by atoms with van der Waals surface area (Å²) >= 11 is 0. The minimum atomic E-state index is -1.77. The Hall–Kier alpha value is -4.95. The Morgan fingerprint density at radius 2 is 1.41 bits per heavy atom. The zero-order chi connectivity index (χ0) is 30.1. The monoisotopic (exact) mass is 569 g/mol. The average molecular weight is 570 g/mol. The van der Waals surface area contributed by atoms with E-state index >= 15 is 0 Å². The number of amides is 3. The summed E-state index contributed by atoms with van der Waals surface area (Å²) in [6.45, 7) is -0.846. The fraction of sp³-hybridized carbons (Fsp3) is 0.296. The molecular weight excluding hydrogens is 538 g/mol. The molecule has 0 aliphatic heterocycles. The minimum Gasteiger partial charge on any atom is -0.508 e. The molecule has 0 fully saturated rings. The van der Waals surface area contributed by atoms with Gasteiger partial charge >= 0.3 is 11.9 Å². The first kappa shape index (κ1) is 30.6. The van der Waals surface area contributed by atoms with Crippen LogP contribution in [0.1, 0.15) is 17.5 Å². The molecule has 0 spiro atoms. The van der Waals surface area contributed by atoms with Crippen molar-refractivity contribution in [1.29, 1.82) is 0 Å². The van der Waals surface area contributed by atoms with Gasteiger partial charge in [0.2, 0.25) is 17.7 Å². The van der Waals surface area contributed by atoms with Gasteiger partial charge in [-0.25, -0.2) is 4.79 Å². The van der Waals surface area contributed by atoms with E-state index in [9.17, 15) is 39.3 Å². The van der Waals surface area contributed by atoms with E-state index in [0.717, 1.165) is 10.9 Å². The van der Waals surface area contributed by atoms with Gasteiger partial charge in [-0.2, -0.15) is 0 Å². The number of aliphatic carboxylic acids is 2. The second-order valence-corrected chi connectivity index (χ2v) is 9.34. The van der Waals surface area contributed by atoms with Crippen LogP contribution in [0.4, 0.5) is 0 Å². The van der Waals surface area contributed by atoms with Crippen molar-refractivity contribution < 1.29 is 44.4 Å². The first-order valence-corrected chi connectivity index (χ1v) is 12.5. The van der Waals surface area contributed by atoms with Gasteiger partial charge in [-0.3, -0.25) is 19.2 Å². The summed E-state index contributed by atoms with van der Waals surface area (Å²) in [4.78, 5) is 64.5. The largest absolute Gasteiger partial charge is 0.508 e. The normalized spacial score (nSPS) is 13.9. The summed E-state index contributed by atoms with van der Waals surface area (Å²) in [7, 11) is 0. The van der Waals surface area contributed by atoms with Crippen LogP contribution in [0, 0.1) is 0 Å². The number of hydrogen-bond donors (Lipinski definition) is 9. The zero-order valence-corrected chi connectivity index (χ0v) is 21.7. The molecule has 1 aromatic heterocycles. The highest BCUT2D eigenvalue weighted by Crippen LogP contribution is 2.19. The molecule has 41 heavy (non-hydrogen) atoms. The molecule has 2 aromatic carbocycles. The Kier molecular flexibility index (Phi) is 10.4. The number of aliphatic hydroxyl groups is 1. The lowest BCUT2D eigenvalue weighted by Gasteiger charge is -2.24. The molecule has 14 heteroatoms. The van der Waals surface area contributed by atoms with Crippen molar-refractivity contribution in [3.05, 3.63) is 65.9 Å². The Morgan fingerprint density at radius 3 is 2.05 bits per heavy atom. The molecule has 14 nitrogen and oxygen atoms in total. The number of aromatic hydroxyl groups is 1. The molecule has 218 valence electrons. The number of aromatic amines is 1. The number of H-pyrrole nitrogens is 1. The van der Waals surface area contributed by atoms with Crippen LogP contribution >= 0.6 is 0 Å². The number of para-hydroxylation sites is 1. The lowest BCUT2D eigenvalue weighted by atomic mass is 10.0. The molecule has 10 N–H and O–H groups in total. The summed E-state index contributed by atoms with van der Waals surface area (Å²) in [6, 6.07) is 7.30. The van der Waals surface area contributed by atoms with Crippen LogP contribution in [-0.4, -0.2) is 85.8 Å². The molecule has 4 atom stereocenters. The molecule has 0 saturated carbocycles. The Labute approximate surface area is 233 Å². The Morgan fingerprint density at radius 1 is 0.805 bits per heavy atom. The van der Waals surface area contributed by atoms with Crippen molar-refractivity contribution in [2.45, 2.75) is 43.4 Å². The first-order valence-electron chi connectivity index (χ1n) is 12.5. The van der Waals surface area contributed by atoms with Crippen LogP contribution in [0.25, 0.3) is 10.9 Å². The quantitative estimate of drug-likeness (QED) is 0.114. The summed E-state index contributed by atoms with van der Waals surface area (Å²) in [6.07, 6.45) is 0.644. The standard InChI is InChI=1S/C27H31N5O9/c28-18(9-14-5-7-16(34)8-6-14)24(37)32-22(13-33)26(39)30-20(25(38)31-21(27(40)41)11-23(35)36)10-15-12-29-19-4-2-1-3-17(15)19/h1-8,12,18,20-22,29,33-34H,9-11,13,28H2,(H,30,39)(H,31,38)(H,32,37)(H,35,36)(H,40,41). The maximum absolute atomic E-state index is 13.1. The second-order valence-electron chi connectivity index (χ2n) is 9.34. The van der Waals surface area contributed by atoms with Crippen molar-refractivity contribution >= 4 is 40.6 Å². The van der Waals surface area contributed by atoms with Crippen LogP contribution in [0.3, 0.4) is 0 Å². The van der Waals surface area contributed by atoms with E-state index in [-0.39, 0.29) is 18.6 Å². The minimum absolute atomic E-state index is 0.0349. The van der Waals surface area contributed by atoms with Gasteiger partial charge in [0.05, 0.1) is 19.1 Å². The van der Waals surface area contributed by atoms with Crippen LogP contribution < -0.4 is 21.7 Å². The molecule has 0 radical (unpaired) electrons. The summed E-state index contributed by atoms with van der Waals surface area (Å²) < 4.78 is 0. The van der Waals surface area contributed by atoms with Gasteiger partial charge in [0.15, 0.2) is 0 Å². The lowest BCUT2D eigenvalue weighted by molar-refractivity contribution is -0.147. The van der Waals surface area contributed by atoms with E-state index in [4.69, 9.17) is 10.8 Å². The average Bonchev–Trinajstić information content (AvgIpc) is 3.34. The summed E-state index contributed by atoms with van der Waals surface area (Å²) in [5.74, 6) is -5.71. The maximum Gasteiger partial charge on any atom is 0.326 e. The van der Waals surface area contributed by atoms with Crippen LogP contribution in [0.15, 0.2) is 54.7 Å². The number of carboxylic acid groups (broad SMARTS) is 2. The van der Waals surface area contributed by atoms with E-state index in [2.05, 4.69) is 20.9 Å². The third kappa shape index (κ3) is 8.52. The number of phenols is 1. The predicted octanol–water partition coefficient (Wildman–Crippen LogP) is -1.01. The summed E-state index contributed by atoms with van der Waals surface area (Å²) in [5, 5.41) is 45.2. The molecule has 0 aliphatic rings. The second kappa shape index (κ2) is 13.9. The number of nitrogens with one attached hydrogen (secondary N) is 4. The van der Waals surface area contributed by atoms with Gasteiger partial charge in [-0.05, 0) is 35.7 Å². The van der Waals surface area contributed by atoms with Crippen molar-refractivity contribution in [3.63, 3.8) is 0 Å². The van der Waals surface area contributed by atoms with Crippen LogP contribution in [0.5, 0.6) is 5.75 Å². The van der Waals surface area contributed by atoms with Crippen LogP contribution in [-0.2, 0) is 36.8 Å². The smallest absolute Gasteiger partial charge is 0.326 e. The highest BCUT2D eigenvalue weighted by molar-refractivity contribution is 5.95. The van der Waals surface area contributed by atoms with Gasteiger partial charge in [0, 0.05) is 23.5 Å². The Bertz CT molecular complexity index is 1410. The fourth-order valence-corrected chi connectivity index (χ4v) is 4.10. The number of rotatable bonds is 14. The van der Waals surface area contributed by atoms with Gasteiger partial charge in [-0.15, -0.1) is 0 Å². The zero-order valence-electron chi connectivity index (χ0n) is 21.7. The third-order valence-electron chi connectivity index (χ3n) is 6.27. The number of carbonyl (C=O) groups excluding carboxylic acids is 3. The molecule has 3 aromatic rings. The topological polar surface area (TPSA) is 244 Å². The fourth-order valence-electron chi connectivity index (χ4n) is 4.10. The maximum atomic E-state index is 13.1. The molecule has 1 heterocycles. The molecule has 0 saturated heterocycles. The first-order chi connectivity index (χ1) is 19.5. The van der Waals surface area contributed by atoms with E-state index in [1.807, 2.05) is 0 Å². The Balaban J connectivity index is 1.76. The number of benzene rings is 2. The van der Waals surface area contributed by atoms with E-state index in [0.29, 0.717) is 11.1 Å². The number of phenolic OH excluding ortho intramolecular Hbond substituents is 1. The SMILES string of the molecule is NC(Cc1ccc(O)cc1)C(=O)NC(CO)C(=O)NC(Cc1c[nH]c2ccccc12)C(=O)NC(CC(=O)O)C(=O)O. The lowest BCUT2D eigenvalue weighted by Crippen LogP contribution is -2.58. The number of carboxylic acids is 2. The molecule has 3 amide bonds. The molecule has 3 rings (SSSR count). The summed E-state index contributed by atoms with van der Waals surface area (Å²) in [5.41, 5.74) is 7.92. The highest BCUT2D eigenvalue weighted by Gasteiger charge is 2.31.